The highest BCUT2D eigenvalue weighted by Crippen LogP contribution is 2.13. The number of alkyl halides is 3. The van der Waals surface area contributed by atoms with E-state index < -0.39 is 12.1 Å². The molecule has 1 fully saturated rings. The fraction of sp³-hybridized carbons (Fsp3) is 0.857. The van der Waals surface area contributed by atoms with Gasteiger partial charge in [-0.3, -0.25) is 0 Å². The maximum Gasteiger partial charge on any atom is 0.490 e. The Morgan fingerprint density at radius 3 is 2.13 bits per heavy atom. The summed E-state index contributed by atoms with van der Waals surface area (Å²) in [5.74, 6) is -2.76. The quantitative estimate of drug-likeness (QED) is 0.616. The van der Waals surface area contributed by atoms with Gasteiger partial charge in [0.05, 0.1) is 19.3 Å². The minimum absolute atomic E-state index is 0.135. The molecule has 8 heteroatoms. The number of hydrogen-bond donors (Lipinski definition) is 3. The van der Waals surface area contributed by atoms with Crippen molar-refractivity contribution in [1.82, 2.24) is 5.32 Å². The van der Waals surface area contributed by atoms with E-state index in [1.54, 1.807) is 0 Å². The zero-order chi connectivity index (χ0) is 11.9. The van der Waals surface area contributed by atoms with Crippen molar-refractivity contribution in [2.24, 2.45) is 0 Å². The van der Waals surface area contributed by atoms with Gasteiger partial charge < -0.3 is 20.3 Å². The van der Waals surface area contributed by atoms with Gasteiger partial charge >= 0.3 is 12.1 Å². The van der Waals surface area contributed by atoms with Crippen LogP contribution in [0.3, 0.4) is 0 Å². The van der Waals surface area contributed by atoms with Gasteiger partial charge in [0.2, 0.25) is 0 Å². The van der Waals surface area contributed by atoms with E-state index >= 15 is 0 Å². The summed E-state index contributed by atoms with van der Waals surface area (Å²) in [6, 6.07) is 0. The van der Waals surface area contributed by atoms with Crippen molar-refractivity contribution < 1.29 is 32.9 Å². The first-order chi connectivity index (χ1) is 6.88. The van der Waals surface area contributed by atoms with Gasteiger partial charge in [-0.1, -0.05) is 0 Å². The maximum atomic E-state index is 10.6. The summed E-state index contributed by atoms with van der Waals surface area (Å²) in [5.41, 5.74) is 0. The van der Waals surface area contributed by atoms with Crippen molar-refractivity contribution in [1.29, 1.82) is 0 Å². The lowest BCUT2D eigenvalue weighted by molar-refractivity contribution is -0.192. The molecule has 0 aliphatic carbocycles. The van der Waals surface area contributed by atoms with E-state index in [1.807, 2.05) is 0 Å². The van der Waals surface area contributed by atoms with Crippen LogP contribution in [0, 0.1) is 0 Å². The van der Waals surface area contributed by atoms with Crippen molar-refractivity contribution in [3.8, 4) is 0 Å². The molecule has 0 spiro atoms. The molecule has 1 aliphatic heterocycles. The normalized spacial score (nSPS) is 16.3. The molecule has 0 aromatic rings. The van der Waals surface area contributed by atoms with Gasteiger partial charge in [-0.2, -0.15) is 13.2 Å². The molecule has 0 atom stereocenters. The summed E-state index contributed by atoms with van der Waals surface area (Å²) in [5, 5.41) is 18.5. The molecule has 0 saturated carbocycles. The second kappa shape index (κ2) is 6.59. The van der Waals surface area contributed by atoms with Crippen LogP contribution in [0.15, 0.2) is 0 Å². The Kier molecular flexibility index (Phi) is 6.21. The van der Waals surface area contributed by atoms with E-state index in [2.05, 4.69) is 5.32 Å². The number of hydrogen-bond acceptors (Lipinski definition) is 4. The van der Waals surface area contributed by atoms with Crippen molar-refractivity contribution >= 4 is 5.97 Å². The average Bonchev–Trinajstić information content (AvgIpc) is 2.01. The summed E-state index contributed by atoms with van der Waals surface area (Å²) in [7, 11) is 0. The topological polar surface area (TPSA) is 78.8 Å². The first kappa shape index (κ1) is 14.1. The SMILES string of the molecule is O=C(O)C(F)(F)F.OCCOC1CNC1. The third-order valence-corrected chi connectivity index (χ3v) is 1.43. The molecule has 0 radical (unpaired) electrons. The van der Waals surface area contributed by atoms with Crippen LogP contribution in [-0.4, -0.2) is 54.8 Å². The van der Waals surface area contributed by atoms with Crippen molar-refractivity contribution in [3.05, 3.63) is 0 Å². The smallest absolute Gasteiger partial charge is 0.475 e. The molecule has 15 heavy (non-hydrogen) atoms. The van der Waals surface area contributed by atoms with Crippen LogP contribution in [0.2, 0.25) is 0 Å². The first-order valence-corrected chi connectivity index (χ1v) is 4.11. The average molecular weight is 231 g/mol. The molecular formula is C7H12F3NO4. The molecule has 1 rings (SSSR count). The third kappa shape index (κ3) is 7.11. The van der Waals surface area contributed by atoms with Gasteiger partial charge in [-0.05, 0) is 0 Å². The fourth-order valence-electron chi connectivity index (χ4n) is 0.599. The summed E-state index contributed by atoms with van der Waals surface area (Å²) in [4.78, 5) is 8.90. The van der Waals surface area contributed by atoms with Gasteiger partial charge in [0, 0.05) is 13.1 Å². The number of nitrogens with one attached hydrogen (secondary N) is 1. The second-order valence-corrected chi connectivity index (χ2v) is 2.68. The Morgan fingerprint density at radius 2 is 1.93 bits per heavy atom. The summed E-state index contributed by atoms with van der Waals surface area (Å²) in [6.45, 7) is 2.50. The van der Waals surface area contributed by atoms with Crippen LogP contribution in [0.5, 0.6) is 0 Å². The highest BCUT2D eigenvalue weighted by atomic mass is 19.4. The van der Waals surface area contributed by atoms with Crippen LogP contribution in [0.1, 0.15) is 0 Å². The number of halogens is 3. The molecule has 0 bridgehead atoms. The van der Waals surface area contributed by atoms with Crippen molar-refractivity contribution in [2.75, 3.05) is 26.3 Å². The Morgan fingerprint density at radius 1 is 1.47 bits per heavy atom. The molecular weight excluding hydrogens is 219 g/mol. The summed E-state index contributed by atoms with van der Waals surface area (Å²) < 4.78 is 36.9. The van der Waals surface area contributed by atoms with E-state index in [4.69, 9.17) is 19.7 Å². The molecule has 0 amide bonds. The third-order valence-electron chi connectivity index (χ3n) is 1.43. The molecule has 5 nitrogen and oxygen atoms in total. The number of carbonyl (C=O) groups is 1. The maximum absolute atomic E-state index is 10.6. The summed E-state index contributed by atoms with van der Waals surface area (Å²) in [6.07, 6.45) is -4.72. The molecule has 3 N–H and O–H groups in total. The van der Waals surface area contributed by atoms with E-state index in [1.165, 1.54) is 0 Å². The minimum atomic E-state index is -5.08. The monoisotopic (exact) mass is 231 g/mol. The Balaban J connectivity index is 0.000000265. The zero-order valence-corrected chi connectivity index (χ0v) is 7.75. The van der Waals surface area contributed by atoms with Crippen LogP contribution in [0.25, 0.3) is 0 Å². The number of ether oxygens (including phenoxy) is 1. The van der Waals surface area contributed by atoms with Crippen LogP contribution < -0.4 is 5.32 Å². The van der Waals surface area contributed by atoms with Crippen molar-refractivity contribution in [2.45, 2.75) is 12.3 Å². The predicted molar refractivity (Wildman–Crippen MR) is 43.4 cm³/mol. The van der Waals surface area contributed by atoms with E-state index in [0.29, 0.717) is 12.7 Å². The Labute approximate surface area is 83.8 Å². The van der Waals surface area contributed by atoms with Gasteiger partial charge in [0.15, 0.2) is 0 Å². The van der Waals surface area contributed by atoms with Gasteiger partial charge in [0.25, 0.3) is 0 Å². The van der Waals surface area contributed by atoms with E-state index in [9.17, 15) is 13.2 Å². The van der Waals surface area contributed by atoms with Gasteiger partial charge in [0.1, 0.15) is 0 Å². The number of aliphatic carboxylic acids is 1. The Bertz CT molecular complexity index is 193. The molecule has 1 aliphatic rings. The highest BCUT2D eigenvalue weighted by molar-refractivity contribution is 5.73. The molecule has 90 valence electrons. The van der Waals surface area contributed by atoms with Crippen LogP contribution >= 0.6 is 0 Å². The molecule has 0 aromatic heterocycles. The van der Waals surface area contributed by atoms with Gasteiger partial charge in [-0.15, -0.1) is 0 Å². The predicted octanol–water partition coefficient (Wildman–Crippen LogP) is -0.400. The lowest BCUT2D eigenvalue weighted by Gasteiger charge is -2.26. The lowest BCUT2D eigenvalue weighted by Crippen LogP contribution is -2.48. The lowest BCUT2D eigenvalue weighted by atomic mass is 10.2. The standard InChI is InChI=1S/C5H11NO2.C2HF3O2/c7-1-2-8-5-3-6-4-5;3-2(4,5)1(6)7/h5-7H,1-4H2;(H,6,7). The van der Waals surface area contributed by atoms with Crippen LogP contribution in [0.4, 0.5) is 13.2 Å². The van der Waals surface area contributed by atoms with Crippen LogP contribution in [-0.2, 0) is 9.53 Å². The second-order valence-electron chi connectivity index (χ2n) is 2.68. The molecule has 0 unspecified atom stereocenters. The number of rotatable bonds is 3. The summed E-state index contributed by atoms with van der Waals surface area (Å²) >= 11 is 0. The number of carboxylic acids is 1. The van der Waals surface area contributed by atoms with E-state index in [-0.39, 0.29) is 6.61 Å². The zero-order valence-electron chi connectivity index (χ0n) is 7.75. The Hall–Kier alpha value is -0.860. The molecule has 0 aromatic carbocycles. The number of aliphatic hydroxyl groups is 1. The number of aliphatic hydroxyl groups excluding tert-OH is 1. The highest BCUT2D eigenvalue weighted by Gasteiger charge is 2.38. The van der Waals surface area contributed by atoms with Crippen molar-refractivity contribution in [3.63, 3.8) is 0 Å². The minimum Gasteiger partial charge on any atom is -0.475 e. The van der Waals surface area contributed by atoms with E-state index in [0.717, 1.165) is 13.1 Å². The van der Waals surface area contributed by atoms with Gasteiger partial charge in [-0.25, -0.2) is 4.79 Å². The first-order valence-electron chi connectivity index (χ1n) is 4.11. The molecule has 1 saturated heterocycles. The molecule has 1 heterocycles. The number of carboxylic acid groups (broad SMARTS) is 1. The fourth-order valence-corrected chi connectivity index (χ4v) is 0.599. The largest absolute Gasteiger partial charge is 0.490 e.